The first-order chi connectivity index (χ1) is 12.8. The Hall–Kier alpha value is -2.29. The minimum Gasteiger partial charge on any atom is -0.497 e. The van der Waals surface area contributed by atoms with E-state index in [1.807, 2.05) is 0 Å². The van der Waals surface area contributed by atoms with Crippen molar-refractivity contribution >= 4 is 0 Å². The van der Waals surface area contributed by atoms with Crippen LogP contribution in [0.25, 0.3) is 0 Å². The standard InChI is InChI=1S/C19H22F3NO4/c1-26-14-6-7-18(27-2)15(9-14)17(25)10-23-16(11-24)12-4-3-5-13(8-12)19(20,21)22/h3-9,16-17,23-25H,10-11H2,1-2H3. The van der Waals surface area contributed by atoms with E-state index >= 15 is 0 Å². The summed E-state index contributed by atoms with van der Waals surface area (Å²) in [7, 11) is 2.95. The molecular formula is C19H22F3NO4. The SMILES string of the molecule is COc1ccc(OC)c(C(O)CNC(CO)c2cccc(C(F)(F)F)c2)c1. The number of ether oxygens (including phenoxy) is 2. The zero-order valence-corrected chi connectivity index (χ0v) is 15.0. The van der Waals surface area contributed by atoms with Crippen LogP contribution in [0.2, 0.25) is 0 Å². The van der Waals surface area contributed by atoms with Crippen molar-refractivity contribution in [3.63, 3.8) is 0 Å². The average molecular weight is 385 g/mol. The van der Waals surface area contributed by atoms with Crippen LogP contribution < -0.4 is 14.8 Å². The van der Waals surface area contributed by atoms with Crippen molar-refractivity contribution in [3.8, 4) is 11.5 Å². The average Bonchev–Trinajstić information content (AvgIpc) is 2.67. The van der Waals surface area contributed by atoms with E-state index in [0.717, 1.165) is 12.1 Å². The Morgan fingerprint density at radius 3 is 2.41 bits per heavy atom. The van der Waals surface area contributed by atoms with Crippen molar-refractivity contribution in [3.05, 3.63) is 59.2 Å². The number of methoxy groups -OCH3 is 2. The van der Waals surface area contributed by atoms with Gasteiger partial charge in [-0.15, -0.1) is 0 Å². The summed E-state index contributed by atoms with van der Waals surface area (Å²) in [6.07, 6.45) is -5.49. The van der Waals surface area contributed by atoms with Crippen LogP contribution in [0.4, 0.5) is 13.2 Å². The smallest absolute Gasteiger partial charge is 0.416 e. The molecule has 0 amide bonds. The highest BCUT2D eigenvalue weighted by molar-refractivity contribution is 5.41. The molecule has 0 aromatic heterocycles. The van der Waals surface area contributed by atoms with Crippen LogP contribution >= 0.6 is 0 Å². The second-order valence-corrected chi connectivity index (χ2v) is 5.89. The third-order valence-electron chi connectivity index (χ3n) is 4.15. The Bertz CT molecular complexity index is 752. The molecule has 2 aromatic carbocycles. The van der Waals surface area contributed by atoms with Gasteiger partial charge < -0.3 is 25.0 Å². The van der Waals surface area contributed by atoms with E-state index in [2.05, 4.69) is 5.32 Å². The Kier molecular flexibility index (Phi) is 7.06. The van der Waals surface area contributed by atoms with Gasteiger partial charge in [-0.25, -0.2) is 0 Å². The fraction of sp³-hybridized carbons (Fsp3) is 0.368. The molecule has 148 valence electrons. The van der Waals surface area contributed by atoms with Gasteiger partial charge >= 0.3 is 6.18 Å². The van der Waals surface area contributed by atoms with E-state index in [0.29, 0.717) is 17.1 Å². The first kappa shape index (κ1) is 21.0. The molecule has 2 rings (SSSR count). The highest BCUT2D eigenvalue weighted by Gasteiger charge is 2.31. The number of rotatable bonds is 8. The van der Waals surface area contributed by atoms with Gasteiger partial charge in [0.1, 0.15) is 11.5 Å². The molecular weight excluding hydrogens is 363 g/mol. The van der Waals surface area contributed by atoms with Crippen LogP contribution in [-0.4, -0.2) is 37.6 Å². The van der Waals surface area contributed by atoms with Gasteiger partial charge in [0.05, 0.1) is 38.5 Å². The van der Waals surface area contributed by atoms with Crippen molar-refractivity contribution in [2.75, 3.05) is 27.4 Å². The summed E-state index contributed by atoms with van der Waals surface area (Å²) >= 11 is 0. The van der Waals surface area contributed by atoms with Gasteiger partial charge in [0, 0.05) is 12.1 Å². The summed E-state index contributed by atoms with van der Waals surface area (Å²) in [5.74, 6) is 0.978. The molecule has 0 bridgehead atoms. The zero-order chi connectivity index (χ0) is 20.0. The molecule has 0 saturated carbocycles. The van der Waals surface area contributed by atoms with Crippen LogP contribution in [0.5, 0.6) is 11.5 Å². The summed E-state index contributed by atoms with van der Waals surface area (Å²) in [4.78, 5) is 0. The van der Waals surface area contributed by atoms with E-state index in [4.69, 9.17) is 9.47 Å². The lowest BCUT2D eigenvalue weighted by Crippen LogP contribution is -2.29. The summed E-state index contributed by atoms with van der Waals surface area (Å²) < 4.78 is 49.0. The largest absolute Gasteiger partial charge is 0.497 e. The van der Waals surface area contributed by atoms with E-state index in [1.54, 1.807) is 18.2 Å². The van der Waals surface area contributed by atoms with Gasteiger partial charge in [0.2, 0.25) is 0 Å². The molecule has 2 unspecified atom stereocenters. The van der Waals surface area contributed by atoms with E-state index in [1.165, 1.54) is 26.4 Å². The molecule has 0 heterocycles. The zero-order valence-electron chi connectivity index (χ0n) is 15.0. The second-order valence-electron chi connectivity index (χ2n) is 5.89. The molecule has 0 radical (unpaired) electrons. The fourth-order valence-corrected chi connectivity index (χ4v) is 2.68. The van der Waals surface area contributed by atoms with Crippen molar-refractivity contribution in [1.29, 1.82) is 0 Å². The van der Waals surface area contributed by atoms with E-state index in [9.17, 15) is 23.4 Å². The van der Waals surface area contributed by atoms with Gasteiger partial charge in [0.15, 0.2) is 0 Å². The molecule has 8 heteroatoms. The first-order valence-electron chi connectivity index (χ1n) is 8.21. The van der Waals surface area contributed by atoms with Gasteiger partial charge in [-0.05, 0) is 35.9 Å². The van der Waals surface area contributed by atoms with E-state index in [-0.39, 0.29) is 12.1 Å². The molecule has 0 saturated heterocycles. The minimum absolute atomic E-state index is 0.00893. The van der Waals surface area contributed by atoms with Crippen molar-refractivity contribution in [2.24, 2.45) is 0 Å². The number of hydrogen-bond donors (Lipinski definition) is 3. The monoisotopic (exact) mass is 385 g/mol. The van der Waals surface area contributed by atoms with Crippen LogP contribution in [-0.2, 0) is 6.18 Å². The molecule has 5 nitrogen and oxygen atoms in total. The van der Waals surface area contributed by atoms with Crippen molar-refractivity contribution < 1.29 is 32.9 Å². The molecule has 27 heavy (non-hydrogen) atoms. The summed E-state index contributed by atoms with van der Waals surface area (Å²) in [6, 6.07) is 8.89. The molecule has 0 aliphatic rings. The van der Waals surface area contributed by atoms with Gasteiger partial charge in [-0.3, -0.25) is 0 Å². The number of benzene rings is 2. The number of nitrogens with one attached hydrogen (secondary N) is 1. The number of halogens is 3. The lowest BCUT2D eigenvalue weighted by molar-refractivity contribution is -0.137. The van der Waals surface area contributed by atoms with Crippen LogP contribution in [0.1, 0.15) is 28.8 Å². The highest BCUT2D eigenvalue weighted by atomic mass is 19.4. The van der Waals surface area contributed by atoms with Crippen molar-refractivity contribution in [1.82, 2.24) is 5.32 Å². The van der Waals surface area contributed by atoms with Gasteiger partial charge in [0.25, 0.3) is 0 Å². The Morgan fingerprint density at radius 1 is 1.07 bits per heavy atom. The minimum atomic E-state index is -4.47. The van der Waals surface area contributed by atoms with Crippen LogP contribution in [0.15, 0.2) is 42.5 Å². The fourth-order valence-electron chi connectivity index (χ4n) is 2.68. The normalized spacial score (nSPS) is 13.9. The summed E-state index contributed by atoms with van der Waals surface area (Å²) in [5, 5.41) is 22.9. The lowest BCUT2D eigenvalue weighted by atomic mass is 10.0. The summed E-state index contributed by atoms with van der Waals surface area (Å²) in [5.41, 5.74) is -0.0579. The molecule has 2 aromatic rings. The van der Waals surface area contributed by atoms with E-state index < -0.39 is 30.5 Å². The lowest BCUT2D eigenvalue weighted by Gasteiger charge is -2.21. The third kappa shape index (κ3) is 5.35. The molecule has 0 aliphatic heterocycles. The van der Waals surface area contributed by atoms with Gasteiger partial charge in [-0.2, -0.15) is 13.2 Å². The molecule has 2 atom stereocenters. The molecule has 0 aliphatic carbocycles. The maximum Gasteiger partial charge on any atom is 0.416 e. The predicted molar refractivity (Wildman–Crippen MR) is 93.8 cm³/mol. The van der Waals surface area contributed by atoms with Crippen LogP contribution in [0.3, 0.4) is 0 Å². The molecule has 3 N–H and O–H groups in total. The Labute approximate surface area is 155 Å². The number of aliphatic hydroxyl groups excluding tert-OH is 2. The molecule has 0 fully saturated rings. The topological polar surface area (TPSA) is 71.0 Å². The number of hydrogen-bond acceptors (Lipinski definition) is 5. The van der Waals surface area contributed by atoms with Crippen molar-refractivity contribution in [2.45, 2.75) is 18.3 Å². The third-order valence-corrected chi connectivity index (χ3v) is 4.15. The number of aliphatic hydroxyl groups is 2. The first-order valence-corrected chi connectivity index (χ1v) is 8.21. The van der Waals surface area contributed by atoms with Crippen LogP contribution in [0, 0.1) is 0 Å². The van der Waals surface area contributed by atoms with Gasteiger partial charge in [-0.1, -0.05) is 12.1 Å². The predicted octanol–water partition coefficient (Wildman–Crippen LogP) is 3.08. The number of alkyl halides is 3. The second kappa shape index (κ2) is 9.07. The Morgan fingerprint density at radius 2 is 1.81 bits per heavy atom. The quantitative estimate of drug-likeness (QED) is 0.652. The Balaban J connectivity index is 2.14. The maximum atomic E-state index is 12.9. The highest BCUT2D eigenvalue weighted by Crippen LogP contribution is 2.32. The summed E-state index contributed by atoms with van der Waals surface area (Å²) in [6.45, 7) is -0.436. The maximum absolute atomic E-state index is 12.9. The molecule has 0 spiro atoms.